The number of terminal acetylenes is 1. The normalized spacial score (nSPS) is 24.5. The fourth-order valence-corrected chi connectivity index (χ4v) is 8.35. The molecule has 1 amide bonds. The van der Waals surface area contributed by atoms with Crippen LogP contribution in [0.15, 0.2) is 30.5 Å². The molecule has 0 spiro atoms. The van der Waals surface area contributed by atoms with Crippen LogP contribution in [-0.2, 0) is 4.74 Å². The summed E-state index contributed by atoms with van der Waals surface area (Å²) in [6.45, 7) is 2.95. The molecule has 13 heteroatoms. The van der Waals surface area contributed by atoms with Crippen LogP contribution < -0.4 is 15.0 Å². The zero-order valence-electron chi connectivity index (χ0n) is 27.4. The minimum atomic E-state index is -0.753. The number of aromatic nitrogens is 3. The Balaban J connectivity index is 1.18. The number of halogens is 2. The van der Waals surface area contributed by atoms with E-state index in [1.165, 1.54) is 35.4 Å². The Morgan fingerprint density at radius 3 is 2.86 bits per heavy atom. The van der Waals surface area contributed by atoms with E-state index >= 15 is 4.39 Å². The van der Waals surface area contributed by atoms with Gasteiger partial charge in [-0.05, 0) is 62.2 Å². The molecule has 8 rings (SSSR count). The minimum Gasteiger partial charge on any atom is -0.508 e. The molecule has 4 saturated heterocycles. The van der Waals surface area contributed by atoms with E-state index < -0.39 is 11.6 Å². The number of piperazine rings is 1. The van der Waals surface area contributed by atoms with Gasteiger partial charge in [-0.15, -0.1) is 6.42 Å². The molecule has 4 aliphatic rings. The van der Waals surface area contributed by atoms with Crippen molar-refractivity contribution in [3.05, 3.63) is 47.7 Å². The highest BCUT2D eigenvalue weighted by Crippen LogP contribution is 2.44. The van der Waals surface area contributed by atoms with Crippen molar-refractivity contribution in [1.82, 2.24) is 30.1 Å². The lowest BCUT2D eigenvalue weighted by molar-refractivity contribution is 0.0484. The average Bonchev–Trinajstić information content (AvgIpc) is 3.89. The highest BCUT2D eigenvalue weighted by Gasteiger charge is 2.50. The lowest BCUT2D eigenvalue weighted by Crippen LogP contribution is -2.48. The zero-order valence-corrected chi connectivity index (χ0v) is 27.4. The summed E-state index contributed by atoms with van der Waals surface area (Å²) in [6.07, 6.45) is 11.4. The van der Waals surface area contributed by atoms with Crippen LogP contribution in [0.5, 0.6) is 11.8 Å². The number of carbonyl (C=O) groups excluding carboxylic acids is 1. The van der Waals surface area contributed by atoms with Gasteiger partial charge in [0.2, 0.25) is 0 Å². The first kappa shape index (κ1) is 31.5. The number of aromatic hydroxyl groups is 1. The molecular weight excluding hydrogens is 632 g/mol. The molecule has 0 radical (unpaired) electrons. The summed E-state index contributed by atoms with van der Waals surface area (Å²) in [7, 11) is 3.32. The summed E-state index contributed by atoms with van der Waals surface area (Å²) in [5, 5.41) is 15.2. The maximum atomic E-state index is 16.9. The second kappa shape index (κ2) is 12.0. The van der Waals surface area contributed by atoms with Crippen molar-refractivity contribution in [2.24, 2.45) is 0 Å². The predicted molar refractivity (Wildman–Crippen MR) is 180 cm³/mol. The second-order valence-electron chi connectivity index (χ2n) is 13.8. The Morgan fingerprint density at radius 2 is 2.10 bits per heavy atom. The fourth-order valence-electron chi connectivity index (χ4n) is 8.35. The molecule has 49 heavy (non-hydrogen) atoms. The van der Waals surface area contributed by atoms with E-state index in [0.29, 0.717) is 42.4 Å². The Labute approximate surface area is 282 Å². The second-order valence-corrected chi connectivity index (χ2v) is 13.8. The van der Waals surface area contributed by atoms with Gasteiger partial charge in [-0.3, -0.25) is 9.88 Å². The van der Waals surface area contributed by atoms with Crippen LogP contribution in [-0.4, -0.2) is 107 Å². The molecule has 0 aliphatic carbocycles. The molecule has 6 heterocycles. The van der Waals surface area contributed by atoms with Crippen molar-refractivity contribution in [2.45, 2.75) is 55.8 Å². The van der Waals surface area contributed by atoms with Crippen LogP contribution in [0.2, 0.25) is 0 Å². The number of rotatable bonds is 7. The quantitative estimate of drug-likeness (QED) is 0.274. The van der Waals surface area contributed by atoms with Crippen molar-refractivity contribution in [3.8, 4) is 35.4 Å². The van der Waals surface area contributed by atoms with Gasteiger partial charge in [0.15, 0.2) is 5.82 Å². The van der Waals surface area contributed by atoms with Gasteiger partial charge in [-0.2, -0.15) is 9.97 Å². The standard InChI is InChI=1S/C36H37F2N7O4/c1-4-25-28(37)7-6-20-12-24(46)14-26(29(20)25)31-30(38)32-27(16-40-31)33(44-17-21-13-23(44)15-39-21)42-34(41-32)49-19-36-9-5-11-45(36)22(8-10-36)18-48-35(47)43(2)3/h1,6-7,12,14,16,21-23,39,46H,5,8-11,13,15,17-19H2,2-3H3/t21-,22-,23-,36-/m1/s1. The Kier molecular flexibility index (Phi) is 7.68. The van der Waals surface area contributed by atoms with Gasteiger partial charge in [0.25, 0.3) is 0 Å². The van der Waals surface area contributed by atoms with E-state index in [1.807, 2.05) is 0 Å². The van der Waals surface area contributed by atoms with Crippen LogP contribution in [0.3, 0.4) is 0 Å². The summed E-state index contributed by atoms with van der Waals surface area (Å²) < 4.78 is 43.7. The molecule has 2 aromatic carbocycles. The molecule has 254 valence electrons. The van der Waals surface area contributed by atoms with Gasteiger partial charge in [-0.1, -0.05) is 12.0 Å². The molecule has 4 atom stereocenters. The lowest BCUT2D eigenvalue weighted by atomic mass is 9.95. The first-order chi connectivity index (χ1) is 23.7. The number of carbonyl (C=O) groups is 1. The third kappa shape index (κ3) is 5.25. The zero-order chi connectivity index (χ0) is 34.0. The number of nitrogens with one attached hydrogen (secondary N) is 1. The molecule has 0 unspecified atom stereocenters. The first-order valence-electron chi connectivity index (χ1n) is 16.7. The summed E-state index contributed by atoms with van der Waals surface area (Å²) in [5.41, 5.74) is -0.281. The van der Waals surface area contributed by atoms with Crippen molar-refractivity contribution < 1.29 is 28.2 Å². The number of anilines is 1. The topological polar surface area (TPSA) is 116 Å². The number of pyridine rings is 1. The minimum absolute atomic E-state index is 0.0107. The summed E-state index contributed by atoms with van der Waals surface area (Å²) >= 11 is 0. The highest BCUT2D eigenvalue weighted by atomic mass is 19.1. The molecule has 0 saturated carbocycles. The van der Waals surface area contributed by atoms with Crippen LogP contribution >= 0.6 is 0 Å². The Bertz CT molecular complexity index is 2040. The van der Waals surface area contributed by atoms with Crippen LogP contribution in [0.25, 0.3) is 32.9 Å². The first-order valence-corrected chi connectivity index (χ1v) is 16.7. The third-order valence-corrected chi connectivity index (χ3v) is 10.7. The Hall–Kier alpha value is -4.80. The van der Waals surface area contributed by atoms with Crippen LogP contribution in [0.4, 0.5) is 19.4 Å². The molecule has 4 fully saturated rings. The smallest absolute Gasteiger partial charge is 0.409 e. The number of phenols is 1. The molecule has 2 bridgehead atoms. The van der Waals surface area contributed by atoms with Crippen molar-refractivity contribution in [2.75, 3.05) is 51.8 Å². The van der Waals surface area contributed by atoms with Crippen LogP contribution in [0, 0.1) is 24.0 Å². The van der Waals surface area contributed by atoms with Crippen molar-refractivity contribution in [3.63, 3.8) is 0 Å². The molecular formula is C36H37F2N7O4. The lowest BCUT2D eigenvalue weighted by Gasteiger charge is -2.34. The molecule has 2 N–H and O–H groups in total. The van der Waals surface area contributed by atoms with E-state index in [9.17, 15) is 14.3 Å². The number of nitrogens with zero attached hydrogens (tertiary/aromatic N) is 6. The fraction of sp³-hybridized carbons (Fsp3) is 0.444. The number of phenolic OH excluding ortho intramolecular Hbond substituents is 1. The van der Waals surface area contributed by atoms with Crippen LogP contribution in [0.1, 0.15) is 37.7 Å². The molecule has 11 nitrogen and oxygen atoms in total. The third-order valence-electron chi connectivity index (χ3n) is 10.7. The summed E-state index contributed by atoms with van der Waals surface area (Å²) in [4.78, 5) is 32.1. The number of hydrogen-bond acceptors (Lipinski definition) is 10. The van der Waals surface area contributed by atoms with Crippen molar-refractivity contribution in [1.29, 1.82) is 0 Å². The highest BCUT2D eigenvalue weighted by molar-refractivity contribution is 6.03. The molecule has 2 aromatic heterocycles. The SMILES string of the molecule is C#Cc1c(F)ccc2cc(O)cc(-c3ncc4c(N5C[C@H]6C[C@@H]5CN6)nc(OC[C@]56CCCN5[C@@H](COC(=O)N(C)C)CC6)nc4c3F)c12. The Morgan fingerprint density at radius 1 is 1.24 bits per heavy atom. The number of fused-ring (bicyclic) bond motifs is 5. The van der Waals surface area contributed by atoms with Gasteiger partial charge >= 0.3 is 12.1 Å². The number of benzene rings is 2. The van der Waals surface area contributed by atoms with Gasteiger partial charge in [0.05, 0.1) is 16.5 Å². The van der Waals surface area contributed by atoms with Gasteiger partial charge in [0.1, 0.15) is 41.8 Å². The predicted octanol–water partition coefficient (Wildman–Crippen LogP) is 4.43. The summed E-state index contributed by atoms with van der Waals surface area (Å²) in [6, 6.07) is 6.11. The van der Waals surface area contributed by atoms with Gasteiger partial charge < -0.3 is 29.7 Å². The number of hydrogen-bond donors (Lipinski definition) is 2. The molecule has 4 aliphatic heterocycles. The largest absolute Gasteiger partial charge is 0.508 e. The van der Waals surface area contributed by atoms with Gasteiger partial charge in [0, 0.05) is 62.5 Å². The maximum absolute atomic E-state index is 16.9. The van der Waals surface area contributed by atoms with E-state index in [2.05, 4.69) is 31.0 Å². The van der Waals surface area contributed by atoms with Crippen molar-refractivity contribution >= 4 is 33.6 Å². The molecule has 4 aromatic rings. The maximum Gasteiger partial charge on any atom is 0.409 e. The number of amides is 1. The van der Waals surface area contributed by atoms with Gasteiger partial charge in [-0.25, -0.2) is 13.6 Å². The number of ether oxygens (including phenoxy) is 2. The monoisotopic (exact) mass is 669 g/mol. The van der Waals surface area contributed by atoms with E-state index in [4.69, 9.17) is 20.9 Å². The average molecular weight is 670 g/mol. The van der Waals surface area contributed by atoms with E-state index in [-0.39, 0.29) is 63.2 Å². The van der Waals surface area contributed by atoms with E-state index in [0.717, 1.165) is 45.2 Å². The van der Waals surface area contributed by atoms with E-state index in [1.54, 1.807) is 14.1 Å². The summed E-state index contributed by atoms with van der Waals surface area (Å²) in [5.74, 6) is 1.40.